The average molecular weight is 133 g/mol. The minimum atomic E-state index is -2.71. The molecule has 1 fully saturated rings. The Labute approximate surface area is 49.8 Å². The molecule has 0 atom stereocenters. The topological polar surface area (TPSA) is 34.1 Å². The highest BCUT2D eigenvalue weighted by atomic mass is 32.2. The van der Waals surface area contributed by atoms with Crippen LogP contribution >= 0.6 is 0 Å². The van der Waals surface area contributed by atoms with Gasteiger partial charge in [0.15, 0.2) is 9.84 Å². The smallest absolute Gasteiger partial charge is 0.157 e. The van der Waals surface area contributed by atoms with Crippen molar-refractivity contribution in [2.45, 2.75) is 19.8 Å². The second kappa shape index (κ2) is 1.72. The van der Waals surface area contributed by atoms with Crippen molar-refractivity contribution in [1.82, 2.24) is 0 Å². The zero-order valence-corrected chi connectivity index (χ0v) is 5.66. The molecule has 0 saturated heterocycles. The summed E-state index contributed by atoms with van der Waals surface area (Å²) in [5.74, 6) is 0.280. The van der Waals surface area contributed by atoms with E-state index in [1.54, 1.807) is 6.92 Å². The summed E-state index contributed by atoms with van der Waals surface area (Å²) in [7, 11) is -2.71. The van der Waals surface area contributed by atoms with E-state index in [2.05, 4.69) is 0 Å². The Hall–Kier alpha value is -0.0500. The van der Waals surface area contributed by atoms with Crippen molar-refractivity contribution in [2.75, 3.05) is 5.75 Å². The quantitative estimate of drug-likeness (QED) is 0.557. The van der Waals surface area contributed by atoms with Crippen molar-refractivity contribution in [3.63, 3.8) is 0 Å². The second-order valence-corrected chi connectivity index (χ2v) is 4.33. The fraction of sp³-hybridized carbons (Fsp3) is 0.800. The summed E-state index contributed by atoms with van der Waals surface area (Å²) in [4.78, 5) is 0. The summed E-state index contributed by atoms with van der Waals surface area (Å²) in [6.45, 7) is 1.68. The molecule has 8 heavy (non-hydrogen) atoms. The standard InChI is InChI=1S/C5H9O2S/c1-2-8(6,7)5-3-4-5/h2-4H2,1H3. The molecule has 0 spiro atoms. The third-order valence-corrected chi connectivity index (χ3v) is 3.32. The SMILES string of the molecule is CCS(=O)(=O)[C]1CC1. The van der Waals surface area contributed by atoms with Crippen molar-refractivity contribution in [3.05, 3.63) is 5.25 Å². The first-order chi connectivity index (χ1) is 3.67. The average Bonchev–Trinajstić information content (AvgIpc) is 2.44. The Balaban J connectivity index is 2.65. The van der Waals surface area contributed by atoms with Crippen molar-refractivity contribution in [2.24, 2.45) is 0 Å². The molecule has 47 valence electrons. The maximum Gasteiger partial charge on any atom is 0.157 e. The van der Waals surface area contributed by atoms with Crippen LogP contribution < -0.4 is 0 Å². The van der Waals surface area contributed by atoms with E-state index in [9.17, 15) is 8.42 Å². The molecular formula is C5H9O2S. The van der Waals surface area contributed by atoms with Gasteiger partial charge in [0.25, 0.3) is 0 Å². The molecule has 0 N–H and O–H groups in total. The van der Waals surface area contributed by atoms with Crippen LogP contribution in [0.25, 0.3) is 0 Å². The van der Waals surface area contributed by atoms with Gasteiger partial charge in [-0.1, -0.05) is 6.92 Å². The van der Waals surface area contributed by atoms with E-state index in [4.69, 9.17) is 0 Å². The van der Waals surface area contributed by atoms with Crippen molar-refractivity contribution >= 4 is 9.84 Å². The second-order valence-electron chi connectivity index (χ2n) is 1.94. The van der Waals surface area contributed by atoms with E-state index >= 15 is 0 Å². The van der Waals surface area contributed by atoms with Crippen LogP contribution in [0, 0.1) is 5.25 Å². The first-order valence-corrected chi connectivity index (χ1v) is 4.39. The lowest BCUT2D eigenvalue weighted by Gasteiger charge is -1.91. The van der Waals surface area contributed by atoms with Crippen molar-refractivity contribution in [1.29, 1.82) is 0 Å². The fourth-order valence-corrected chi connectivity index (χ4v) is 1.70. The molecule has 3 heteroatoms. The van der Waals surface area contributed by atoms with Gasteiger partial charge in [0.1, 0.15) is 0 Å². The zero-order chi connectivity index (χ0) is 6.20. The first kappa shape index (κ1) is 6.08. The third-order valence-electron chi connectivity index (χ3n) is 1.27. The molecule has 1 saturated carbocycles. The van der Waals surface area contributed by atoms with E-state index in [0.29, 0.717) is 0 Å². The summed E-state index contributed by atoms with van der Waals surface area (Å²) >= 11 is 0. The number of rotatable bonds is 2. The van der Waals surface area contributed by atoms with Gasteiger partial charge in [-0.3, -0.25) is 0 Å². The van der Waals surface area contributed by atoms with E-state index in [0.717, 1.165) is 18.1 Å². The Bertz CT molecular complexity index is 165. The van der Waals surface area contributed by atoms with E-state index in [1.807, 2.05) is 0 Å². The van der Waals surface area contributed by atoms with Crippen LogP contribution in [0.2, 0.25) is 0 Å². The third kappa shape index (κ3) is 1.02. The predicted octanol–water partition coefficient (Wildman–Crippen LogP) is 0.747. The van der Waals surface area contributed by atoms with Crippen LogP contribution in [0.3, 0.4) is 0 Å². The Kier molecular flexibility index (Phi) is 1.31. The summed E-state index contributed by atoms with van der Waals surface area (Å²) in [6, 6.07) is 0. The molecule has 0 aromatic carbocycles. The lowest BCUT2D eigenvalue weighted by atomic mass is 11.0. The van der Waals surface area contributed by atoms with E-state index in [1.165, 1.54) is 0 Å². The zero-order valence-electron chi connectivity index (χ0n) is 4.85. The molecule has 0 aromatic heterocycles. The van der Waals surface area contributed by atoms with Crippen LogP contribution in [0.1, 0.15) is 19.8 Å². The van der Waals surface area contributed by atoms with Crippen LogP contribution in [0.4, 0.5) is 0 Å². The van der Waals surface area contributed by atoms with E-state index in [-0.39, 0.29) is 5.75 Å². The Morgan fingerprint density at radius 1 is 1.50 bits per heavy atom. The van der Waals surface area contributed by atoms with E-state index < -0.39 is 9.84 Å². The molecule has 0 bridgehead atoms. The fourth-order valence-electron chi connectivity index (χ4n) is 0.566. The highest BCUT2D eigenvalue weighted by Crippen LogP contribution is 2.37. The van der Waals surface area contributed by atoms with Crippen LogP contribution in [0.5, 0.6) is 0 Å². The largest absolute Gasteiger partial charge is 0.228 e. The lowest BCUT2D eigenvalue weighted by molar-refractivity contribution is 0.601. The first-order valence-electron chi connectivity index (χ1n) is 2.74. The van der Waals surface area contributed by atoms with Gasteiger partial charge in [-0.05, 0) is 12.8 Å². The van der Waals surface area contributed by atoms with Gasteiger partial charge in [-0.25, -0.2) is 8.42 Å². The minimum absolute atomic E-state index is 0.280. The van der Waals surface area contributed by atoms with Crippen molar-refractivity contribution < 1.29 is 8.42 Å². The molecule has 0 aliphatic heterocycles. The van der Waals surface area contributed by atoms with Crippen LogP contribution in [-0.2, 0) is 9.84 Å². The van der Waals surface area contributed by atoms with Gasteiger partial charge in [-0.2, -0.15) is 0 Å². The van der Waals surface area contributed by atoms with Gasteiger partial charge in [-0.15, -0.1) is 0 Å². The summed E-state index contributed by atoms with van der Waals surface area (Å²) in [5.41, 5.74) is 0. The molecule has 1 aliphatic carbocycles. The molecule has 2 nitrogen and oxygen atoms in total. The molecule has 1 radical (unpaired) electrons. The summed E-state index contributed by atoms with van der Waals surface area (Å²) in [5, 5.41) is 0.750. The van der Waals surface area contributed by atoms with Gasteiger partial charge >= 0.3 is 0 Å². The van der Waals surface area contributed by atoms with Gasteiger partial charge < -0.3 is 0 Å². The highest BCUT2D eigenvalue weighted by molar-refractivity contribution is 7.94. The lowest BCUT2D eigenvalue weighted by Crippen LogP contribution is -2.02. The Morgan fingerprint density at radius 2 is 2.00 bits per heavy atom. The maximum atomic E-state index is 10.7. The summed E-state index contributed by atoms with van der Waals surface area (Å²) in [6.07, 6.45) is 1.63. The minimum Gasteiger partial charge on any atom is -0.228 e. The van der Waals surface area contributed by atoms with Gasteiger partial charge in [0.2, 0.25) is 0 Å². The molecule has 0 heterocycles. The molecule has 1 rings (SSSR count). The normalized spacial score (nSPS) is 21.1. The Morgan fingerprint density at radius 3 is 2.12 bits per heavy atom. The molecule has 0 amide bonds. The number of sulfone groups is 1. The maximum absolute atomic E-state index is 10.7. The predicted molar refractivity (Wildman–Crippen MR) is 31.9 cm³/mol. The van der Waals surface area contributed by atoms with Crippen LogP contribution in [-0.4, -0.2) is 14.2 Å². The molecule has 1 aliphatic rings. The molecular weight excluding hydrogens is 124 g/mol. The highest BCUT2D eigenvalue weighted by Gasteiger charge is 2.34. The number of hydrogen-bond acceptors (Lipinski definition) is 2. The molecule has 0 unspecified atom stereocenters. The van der Waals surface area contributed by atoms with Gasteiger partial charge in [0.05, 0.1) is 5.25 Å². The summed E-state index contributed by atoms with van der Waals surface area (Å²) < 4.78 is 21.4. The van der Waals surface area contributed by atoms with Crippen LogP contribution in [0.15, 0.2) is 0 Å². The number of hydrogen-bond donors (Lipinski definition) is 0. The van der Waals surface area contributed by atoms with Gasteiger partial charge in [0, 0.05) is 5.75 Å². The monoisotopic (exact) mass is 133 g/mol. The van der Waals surface area contributed by atoms with Crippen molar-refractivity contribution in [3.8, 4) is 0 Å². The molecule has 0 aromatic rings.